The van der Waals surface area contributed by atoms with Crippen molar-refractivity contribution in [2.24, 2.45) is 0 Å². The molecule has 2 aliphatic heterocycles. The van der Waals surface area contributed by atoms with Crippen molar-refractivity contribution < 1.29 is 18.6 Å². The zero-order valence-corrected chi connectivity index (χ0v) is 19.3. The quantitative estimate of drug-likeness (QED) is 0.532. The van der Waals surface area contributed by atoms with E-state index in [1.165, 1.54) is 65.4 Å². The standard InChI is InChI=1S/2C9H20N3.Mo/c2*1-10-4-6-11(2)8-9-12(3)7-5-10;/h2*4H,5-9H2,1-3H3;/q;;-2. The van der Waals surface area contributed by atoms with Gasteiger partial charge in [-0.2, -0.15) is 0 Å². The fraction of sp³-hybridized carbons (Fsp3) is 1.00. The van der Waals surface area contributed by atoms with Gasteiger partial charge in [-0.25, -0.2) is 0 Å². The molecular weight excluding hydrogens is 396 g/mol. The normalized spacial score (nSPS) is 32.6. The number of nitrogens with zero attached hydrogens (tertiary/aromatic N) is 6. The minimum atomic E-state index is -0.151. The van der Waals surface area contributed by atoms with E-state index in [1.54, 1.807) is 0 Å². The third kappa shape index (κ3) is 7.53. The monoisotopic (exact) mass is 438 g/mol. The molecule has 25 heavy (non-hydrogen) atoms. The van der Waals surface area contributed by atoms with Crippen molar-refractivity contribution in [3.63, 3.8) is 0 Å². The molecule has 150 valence electrons. The Hall–Kier alpha value is 0.448. The Balaban J connectivity index is 2.03. The van der Waals surface area contributed by atoms with Crippen molar-refractivity contribution in [3.8, 4) is 0 Å². The van der Waals surface area contributed by atoms with Gasteiger partial charge in [0.2, 0.25) is 0 Å². The molecule has 2 unspecified atom stereocenters. The number of hydrogen-bond acceptors (Lipinski definition) is 6. The van der Waals surface area contributed by atoms with E-state index in [1.807, 2.05) is 0 Å². The Labute approximate surface area is 164 Å². The first kappa shape index (κ1) is 21.7. The molecular formula is C18H40MoN6-2. The number of rotatable bonds is 2. The zero-order valence-electron chi connectivity index (χ0n) is 17.3. The minimum absolute atomic E-state index is 0.151. The molecule has 0 radical (unpaired) electrons. The van der Waals surface area contributed by atoms with Gasteiger partial charge in [-0.05, 0) is 0 Å². The van der Waals surface area contributed by atoms with Crippen LogP contribution in [-0.2, 0) is 18.6 Å². The van der Waals surface area contributed by atoms with Crippen LogP contribution in [0.4, 0.5) is 0 Å². The fourth-order valence-electron chi connectivity index (χ4n) is 3.32. The van der Waals surface area contributed by atoms with Crippen molar-refractivity contribution in [1.82, 2.24) is 29.4 Å². The SMILES string of the molecule is CN1CCN(C)C[CH]([Mo-2][CH]2CN(C)CCN(C)CCN2C)N(C)CC1. The molecule has 0 amide bonds. The third-order valence-electron chi connectivity index (χ3n) is 5.63. The molecule has 2 atom stereocenters. The van der Waals surface area contributed by atoms with E-state index in [9.17, 15) is 0 Å². The second-order valence-corrected chi connectivity index (χ2v) is 11.5. The molecule has 2 rings (SSSR count). The van der Waals surface area contributed by atoms with Gasteiger partial charge in [-0.1, -0.05) is 0 Å². The zero-order chi connectivity index (χ0) is 18.4. The molecule has 0 spiro atoms. The molecule has 2 saturated heterocycles. The van der Waals surface area contributed by atoms with E-state index < -0.39 is 0 Å². The summed E-state index contributed by atoms with van der Waals surface area (Å²) in [4.78, 5) is 15.4. The molecule has 0 N–H and O–H groups in total. The maximum absolute atomic E-state index is 2.66. The summed E-state index contributed by atoms with van der Waals surface area (Å²) in [7, 11) is 13.8. The Morgan fingerprint density at radius 2 is 0.800 bits per heavy atom. The van der Waals surface area contributed by atoms with E-state index in [0.29, 0.717) is 0 Å². The van der Waals surface area contributed by atoms with Crippen LogP contribution in [0.25, 0.3) is 0 Å². The second kappa shape index (κ2) is 10.7. The van der Waals surface area contributed by atoms with Crippen molar-refractivity contribution >= 4 is 0 Å². The molecule has 6 nitrogen and oxygen atoms in total. The van der Waals surface area contributed by atoms with Gasteiger partial charge in [0.05, 0.1) is 0 Å². The first-order valence-corrected chi connectivity index (χ1v) is 12.0. The maximum atomic E-state index is 2.66. The molecule has 2 aliphatic rings. The van der Waals surface area contributed by atoms with Crippen LogP contribution in [-0.4, -0.2) is 146 Å². The number of hydrogen-bond donors (Lipinski definition) is 0. The van der Waals surface area contributed by atoms with Crippen molar-refractivity contribution in [2.75, 3.05) is 108 Å². The van der Waals surface area contributed by atoms with E-state index >= 15 is 0 Å². The molecule has 2 heterocycles. The molecule has 0 aromatic heterocycles. The molecule has 0 bridgehead atoms. The van der Waals surface area contributed by atoms with Gasteiger partial charge in [0.1, 0.15) is 0 Å². The summed E-state index contributed by atoms with van der Waals surface area (Å²) < 4.78 is 1.53. The van der Waals surface area contributed by atoms with Gasteiger partial charge in [0.15, 0.2) is 0 Å². The van der Waals surface area contributed by atoms with Crippen LogP contribution < -0.4 is 0 Å². The summed E-state index contributed by atoms with van der Waals surface area (Å²) >= 11 is -0.151. The predicted molar refractivity (Wildman–Crippen MR) is 103 cm³/mol. The average molecular weight is 437 g/mol. The van der Waals surface area contributed by atoms with Crippen molar-refractivity contribution in [1.29, 1.82) is 0 Å². The van der Waals surface area contributed by atoms with Crippen LogP contribution >= 0.6 is 0 Å². The molecule has 0 aromatic rings. The average Bonchev–Trinajstić information content (AvgIpc) is 2.67. The van der Waals surface area contributed by atoms with Crippen LogP contribution in [0, 0.1) is 0 Å². The Morgan fingerprint density at radius 3 is 1.20 bits per heavy atom. The summed E-state index contributed by atoms with van der Waals surface area (Å²) in [5, 5.41) is 0. The van der Waals surface area contributed by atoms with Gasteiger partial charge in [-0.15, -0.1) is 0 Å². The van der Waals surface area contributed by atoms with Crippen LogP contribution in [0.2, 0.25) is 0 Å². The summed E-state index contributed by atoms with van der Waals surface area (Å²) in [6.07, 6.45) is 0. The second-order valence-electron chi connectivity index (χ2n) is 8.14. The van der Waals surface area contributed by atoms with E-state index in [4.69, 9.17) is 0 Å². The summed E-state index contributed by atoms with van der Waals surface area (Å²) in [6.45, 7) is 12.0. The summed E-state index contributed by atoms with van der Waals surface area (Å²) in [5.74, 6) is 0. The Morgan fingerprint density at radius 1 is 0.480 bits per heavy atom. The van der Waals surface area contributed by atoms with Gasteiger partial charge < -0.3 is 0 Å². The Bertz CT molecular complexity index is 351. The van der Waals surface area contributed by atoms with E-state index in [-0.39, 0.29) is 18.6 Å². The third-order valence-corrected chi connectivity index (χ3v) is 9.68. The number of likely N-dealkylation sites (N-methyl/N-ethyl adjacent to an activating group) is 6. The first-order valence-electron chi connectivity index (χ1n) is 9.65. The van der Waals surface area contributed by atoms with Crippen LogP contribution in [0.1, 0.15) is 0 Å². The fourth-order valence-corrected chi connectivity index (χ4v) is 7.43. The Kier molecular flexibility index (Phi) is 9.30. The van der Waals surface area contributed by atoms with Crippen molar-refractivity contribution in [2.45, 2.75) is 8.86 Å². The topological polar surface area (TPSA) is 19.4 Å². The van der Waals surface area contributed by atoms with Crippen LogP contribution in [0.5, 0.6) is 0 Å². The van der Waals surface area contributed by atoms with Gasteiger partial charge in [-0.3, -0.25) is 0 Å². The summed E-state index contributed by atoms with van der Waals surface area (Å²) in [6, 6.07) is 0. The molecule has 7 heteroatoms. The van der Waals surface area contributed by atoms with Crippen LogP contribution in [0.15, 0.2) is 0 Å². The van der Waals surface area contributed by atoms with Gasteiger partial charge >= 0.3 is 165 Å². The predicted octanol–water partition coefficient (Wildman–Crippen LogP) is -0.661. The molecule has 0 saturated carbocycles. The van der Waals surface area contributed by atoms with Gasteiger partial charge in [0.25, 0.3) is 0 Å². The molecule has 0 aliphatic carbocycles. The molecule has 2 fully saturated rings. The van der Waals surface area contributed by atoms with E-state index in [0.717, 1.165) is 8.86 Å². The van der Waals surface area contributed by atoms with Gasteiger partial charge in [0, 0.05) is 0 Å². The van der Waals surface area contributed by atoms with E-state index in [2.05, 4.69) is 71.7 Å². The van der Waals surface area contributed by atoms with Crippen LogP contribution in [0.3, 0.4) is 0 Å². The summed E-state index contributed by atoms with van der Waals surface area (Å²) in [5.41, 5.74) is 0. The molecule has 0 aromatic carbocycles. The van der Waals surface area contributed by atoms with Crippen molar-refractivity contribution in [3.05, 3.63) is 0 Å². The first-order chi connectivity index (χ1) is 11.8.